The summed E-state index contributed by atoms with van der Waals surface area (Å²) in [5.41, 5.74) is 6.55. The summed E-state index contributed by atoms with van der Waals surface area (Å²) in [6.07, 6.45) is 15.2. The zero-order valence-electron chi connectivity index (χ0n) is 18.1. The quantitative estimate of drug-likeness (QED) is 0.566. The SMILES string of the molecule is C=C(C)C(/C=C/c1ccc(N2CCC(CCC)CC2)cc1)=C1\C=NC=CC1=NC. The molecule has 3 rings (SSSR count). The second kappa shape index (κ2) is 10.2. The number of hydrogen-bond donors (Lipinski definition) is 0. The Balaban J connectivity index is 1.72. The van der Waals surface area contributed by atoms with Gasteiger partial charge in [0.15, 0.2) is 0 Å². The number of piperidine rings is 1. The summed E-state index contributed by atoms with van der Waals surface area (Å²) in [6.45, 7) is 10.8. The number of allylic oxidation sites excluding steroid dienone is 5. The van der Waals surface area contributed by atoms with Crippen LogP contribution in [-0.4, -0.2) is 32.1 Å². The lowest BCUT2D eigenvalue weighted by molar-refractivity contribution is 0.378. The maximum absolute atomic E-state index is 4.37. The summed E-state index contributed by atoms with van der Waals surface area (Å²) < 4.78 is 0. The molecule has 0 aromatic heterocycles. The fraction of sp³-hybridized carbons (Fsp3) is 0.385. The Morgan fingerprint density at radius 2 is 1.97 bits per heavy atom. The van der Waals surface area contributed by atoms with Crippen LogP contribution in [0.5, 0.6) is 0 Å². The van der Waals surface area contributed by atoms with Gasteiger partial charge in [-0.2, -0.15) is 0 Å². The van der Waals surface area contributed by atoms with Gasteiger partial charge in [0.1, 0.15) is 0 Å². The lowest BCUT2D eigenvalue weighted by Crippen LogP contribution is -2.33. The lowest BCUT2D eigenvalue weighted by Gasteiger charge is -2.33. The molecule has 2 aliphatic heterocycles. The monoisotopic (exact) mass is 387 g/mol. The molecular weight excluding hydrogens is 354 g/mol. The zero-order valence-corrected chi connectivity index (χ0v) is 18.1. The number of rotatable bonds is 6. The Kier molecular flexibility index (Phi) is 7.40. The Hall–Kier alpha value is -2.68. The van der Waals surface area contributed by atoms with Gasteiger partial charge in [0.05, 0.1) is 5.71 Å². The van der Waals surface area contributed by atoms with Crippen LogP contribution in [0.25, 0.3) is 6.08 Å². The third-order valence-electron chi connectivity index (χ3n) is 5.80. The first-order chi connectivity index (χ1) is 14.1. The lowest BCUT2D eigenvalue weighted by atomic mass is 9.92. The predicted octanol–water partition coefficient (Wildman–Crippen LogP) is 6.26. The van der Waals surface area contributed by atoms with Gasteiger partial charge in [-0.25, -0.2) is 0 Å². The fourth-order valence-electron chi connectivity index (χ4n) is 4.12. The molecule has 2 aliphatic rings. The highest BCUT2D eigenvalue weighted by molar-refractivity contribution is 6.24. The predicted molar refractivity (Wildman–Crippen MR) is 128 cm³/mol. The van der Waals surface area contributed by atoms with Gasteiger partial charge >= 0.3 is 0 Å². The molecule has 1 saturated heterocycles. The van der Waals surface area contributed by atoms with Crippen LogP contribution in [-0.2, 0) is 0 Å². The van der Waals surface area contributed by atoms with Gasteiger partial charge < -0.3 is 4.90 Å². The minimum Gasteiger partial charge on any atom is -0.372 e. The maximum atomic E-state index is 4.37. The molecule has 2 heterocycles. The van der Waals surface area contributed by atoms with E-state index in [1.807, 2.05) is 26.3 Å². The van der Waals surface area contributed by atoms with E-state index < -0.39 is 0 Å². The van der Waals surface area contributed by atoms with Crippen LogP contribution in [0.4, 0.5) is 5.69 Å². The molecular formula is C26H33N3. The third-order valence-corrected chi connectivity index (χ3v) is 5.80. The van der Waals surface area contributed by atoms with Crippen molar-refractivity contribution in [2.45, 2.75) is 39.5 Å². The molecule has 0 bridgehead atoms. The Labute approximate surface area is 176 Å². The van der Waals surface area contributed by atoms with E-state index in [0.29, 0.717) is 0 Å². The topological polar surface area (TPSA) is 28.0 Å². The summed E-state index contributed by atoms with van der Waals surface area (Å²) in [5.74, 6) is 0.918. The van der Waals surface area contributed by atoms with Gasteiger partial charge in [-0.15, -0.1) is 0 Å². The maximum Gasteiger partial charge on any atom is 0.0680 e. The zero-order chi connectivity index (χ0) is 20.6. The number of hydrogen-bond acceptors (Lipinski definition) is 3. The van der Waals surface area contributed by atoms with Gasteiger partial charge in [-0.05, 0) is 55.0 Å². The molecule has 0 atom stereocenters. The van der Waals surface area contributed by atoms with E-state index in [0.717, 1.165) is 28.3 Å². The highest BCUT2D eigenvalue weighted by Crippen LogP contribution is 2.26. The van der Waals surface area contributed by atoms with E-state index in [9.17, 15) is 0 Å². The summed E-state index contributed by atoms with van der Waals surface area (Å²) in [6, 6.07) is 8.90. The molecule has 3 nitrogen and oxygen atoms in total. The molecule has 0 radical (unpaired) electrons. The molecule has 152 valence electrons. The fourth-order valence-corrected chi connectivity index (χ4v) is 4.12. The Bertz CT molecular complexity index is 858. The summed E-state index contributed by atoms with van der Waals surface area (Å²) in [4.78, 5) is 11.2. The highest BCUT2D eigenvalue weighted by Gasteiger charge is 2.18. The first-order valence-electron chi connectivity index (χ1n) is 10.7. The van der Waals surface area contributed by atoms with Crippen LogP contribution in [0.3, 0.4) is 0 Å². The third kappa shape index (κ3) is 5.44. The van der Waals surface area contributed by atoms with E-state index in [2.05, 4.69) is 64.8 Å². The smallest absolute Gasteiger partial charge is 0.0680 e. The molecule has 0 spiro atoms. The van der Waals surface area contributed by atoms with Crippen LogP contribution in [0.15, 0.2) is 75.9 Å². The second-order valence-corrected chi connectivity index (χ2v) is 7.95. The minimum atomic E-state index is 0.918. The van der Waals surface area contributed by atoms with Crippen molar-refractivity contribution < 1.29 is 0 Å². The average Bonchev–Trinajstić information content (AvgIpc) is 2.75. The van der Waals surface area contributed by atoms with E-state index in [1.165, 1.54) is 50.0 Å². The summed E-state index contributed by atoms with van der Waals surface area (Å²) in [5, 5.41) is 0. The van der Waals surface area contributed by atoms with Gasteiger partial charge in [-0.1, -0.05) is 56.2 Å². The molecule has 1 aromatic carbocycles. The second-order valence-electron chi connectivity index (χ2n) is 7.95. The van der Waals surface area contributed by atoms with Crippen LogP contribution >= 0.6 is 0 Å². The molecule has 1 aromatic rings. The highest BCUT2D eigenvalue weighted by atomic mass is 15.1. The van der Waals surface area contributed by atoms with Crippen molar-refractivity contribution in [1.82, 2.24) is 0 Å². The number of anilines is 1. The molecule has 0 saturated carbocycles. The van der Waals surface area contributed by atoms with E-state index in [-0.39, 0.29) is 0 Å². The van der Waals surface area contributed by atoms with Gasteiger partial charge in [0, 0.05) is 43.8 Å². The van der Waals surface area contributed by atoms with Gasteiger partial charge in [0.25, 0.3) is 0 Å². The molecule has 0 unspecified atom stereocenters. The van der Waals surface area contributed by atoms with Crippen LogP contribution in [0, 0.1) is 5.92 Å². The van der Waals surface area contributed by atoms with Crippen LogP contribution in [0.1, 0.15) is 45.1 Å². The van der Waals surface area contributed by atoms with Crippen molar-refractivity contribution >= 4 is 23.7 Å². The van der Waals surface area contributed by atoms with Crippen molar-refractivity contribution in [3.63, 3.8) is 0 Å². The van der Waals surface area contributed by atoms with Crippen molar-refractivity contribution in [3.05, 3.63) is 71.5 Å². The van der Waals surface area contributed by atoms with Gasteiger partial charge in [0.2, 0.25) is 0 Å². The van der Waals surface area contributed by atoms with Crippen molar-refractivity contribution in [1.29, 1.82) is 0 Å². The van der Waals surface area contributed by atoms with Crippen molar-refractivity contribution in [2.75, 3.05) is 25.0 Å². The molecule has 3 heteroatoms. The summed E-state index contributed by atoms with van der Waals surface area (Å²) >= 11 is 0. The average molecular weight is 388 g/mol. The van der Waals surface area contributed by atoms with Crippen molar-refractivity contribution in [3.8, 4) is 0 Å². The first-order valence-corrected chi connectivity index (χ1v) is 10.7. The van der Waals surface area contributed by atoms with Crippen LogP contribution < -0.4 is 4.90 Å². The van der Waals surface area contributed by atoms with Gasteiger partial charge in [-0.3, -0.25) is 9.98 Å². The van der Waals surface area contributed by atoms with Crippen molar-refractivity contribution in [2.24, 2.45) is 15.9 Å². The molecule has 0 N–H and O–H groups in total. The minimum absolute atomic E-state index is 0.918. The Morgan fingerprint density at radius 1 is 1.24 bits per heavy atom. The normalized spacial score (nSPS) is 20.7. The molecule has 0 amide bonds. The molecule has 29 heavy (non-hydrogen) atoms. The summed E-state index contributed by atoms with van der Waals surface area (Å²) in [7, 11) is 1.81. The van der Waals surface area contributed by atoms with Crippen LogP contribution in [0.2, 0.25) is 0 Å². The largest absolute Gasteiger partial charge is 0.372 e. The number of nitrogens with zero attached hydrogens (tertiary/aromatic N) is 3. The standard InChI is InChI=1S/C26H33N3/c1-5-6-21-14-17-29(18-15-21)23-10-7-22(8-11-23)9-12-24(20(2)3)25-19-28-16-13-26(25)27-4/h7-13,16,19,21H,2,5-6,14-15,17-18H2,1,3-4H3/b12-9+,25-24+,27-26?. The number of aliphatic imine (C=N–C) groups is 2. The molecule has 1 fully saturated rings. The van der Waals surface area contributed by atoms with E-state index >= 15 is 0 Å². The molecule has 0 aliphatic carbocycles. The van der Waals surface area contributed by atoms with E-state index in [4.69, 9.17) is 0 Å². The number of benzene rings is 1. The first kappa shape index (κ1) is 21.0. The Morgan fingerprint density at radius 3 is 2.59 bits per heavy atom. The van der Waals surface area contributed by atoms with E-state index in [1.54, 1.807) is 6.20 Å².